The average Bonchev–Trinajstić information content (AvgIpc) is 2.48. The largest absolute Gasteiger partial charge is 0.395 e. The fourth-order valence-electron chi connectivity index (χ4n) is 1.94. The highest BCUT2D eigenvalue weighted by molar-refractivity contribution is 14.1. The van der Waals surface area contributed by atoms with Gasteiger partial charge in [0.25, 0.3) is 0 Å². The lowest BCUT2D eigenvalue weighted by Gasteiger charge is -2.16. The molecule has 6 heteroatoms. The van der Waals surface area contributed by atoms with Crippen molar-refractivity contribution in [3.05, 3.63) is 63.7 Å². The van der Waals surface area contributed by atoms with Gasteiger partial charge < -0.3 is 5.11 Å². The number of aliphatic hydroxyl groups is 1. The quantitative estimate of drug-likeness (QED) is 0.709. The summed E-state index contributed by atoms with van der Waals surface area (Å²) in [4.78, 5) is 0.203. The zero-order chi connectivity index (χ0) is 15.3. The van der Waals surface area contributed by atoms with E-state index in [-0.39, 0.29) is 11.5 Å². The minimum atomic E-state index is -3.62. The second-order valence-corrected chi connectivity index (χ2v) is 7.60. The molecule has 0 aliphatic rings. The smallest absolute Gasteiger partial charge is 0.240 e. The molecule has 2 rings (SSSR count). The number of rotatable bonds is 6. The van der Waals surface area contributed by atoms with Crippen molar-refractivity contribution in [2.75, 3.05) is 6.61 Å². The molecular weight excluding hydrogens is 401 g/mol. The van der Waals surface area contributed by atoms with Crippen LogP contribution in [0, 0.1) is 3.57 Å². The summed E-state index contributed by atoms with van der Waals surface area (Å²) in [5.74, 6) is 0. The Labute approximate surface area is 138 Å². The predicted molar refractivity (Wildman–Crippen MR) is 90.5 cm³/mol. The van der Waals surface area contributed by atoms with Gasteiger partial charge in [-0.25, -0.2) is 13.1 Å². The summed E-state index contributed by atoms with van der Waals surface area (Å²) < 4.78 is 28.1. The van der Waals surface area contributed by atoms with Gasteiger partial charge in [-0.2, -0.15) is 0 Å². The topological polar surface area (TPSA) is 66.4 Å². The van der Waals surface area contributed by atoms with Gasteiger partial charge in [0.15, 0.2) is 0 Å². The van der Waals surface area contributed by atoms with E-state index in [1.165, 1.54) is 0 Å². The van der Waals surface area contributed by atoms with E-state index in [1.54, 1.807) is 24.3 Å². The van der Waals surface area contributed by atoms with Gasteiger partial charge in [-0.15, -0.1) is 0 Å². The Hall–Kier alpha value is -0.960. The number of hydrogen-bond donors (Lipinski definition) is 2. The van der Waals surface area contributed by atoms with Crippen molar-refractivity contribution in [2.45, 2.75) is 17.4 Å². The van der Waals surface area contributed by atoms with Crippen molar-refractivity contribution >= 4 is 32.6 Å². The third kappa shape index (κ3) is 4.77. The zero-order valence-electron chi connectivity index (χ0n) is 11.2. The minimum Gasteiger partial charge on any atom is -0.395 e. The molecular formula is C15H16INO3S. The first-order valence-electron chi connectivity index (χ1n) is 6.44. The highest BCUT2D eigenvalue weighted by Gasteiger charge is 2.19. The van der Waals surface area contributed by atoms with Crippen molar-refractivity contribution in [2.24, 2.45) is 0 Å². The molecule has 0 aliphatic heterocycles. The van der Waals surface area contributed by atoms with Crippen molar-refractivity contribution in [3.63, 3.8) is 0 Å². The highest BCUT2D eigenvalue weighted by atomic mass is 127. The lowest BCUT2D eigenvalue weighted by molar-refractivity contribution is 0.256. The first kappa shape index (κ1) is 16.4. The molecule has 112 valence electrons. The Bertz CT molecular complexity index is 672. The van der Waals surface area contributed by atoms with Gasteiger partial charge in [0.1, 0.15) is 0 Å². The molecule has 2 aromatic carbocycles. The number of halogens is 1. The normalized spacial score (nSPS) is 13.0. The summed E-state index contributed by atoms with van der Waals surface area (Å²) in [6.07, 6.45) is 0.445. The van der Waals surface area contributed by atoms with Crippen LogP contribution in [-0.4, -0.2) is 26.2 Å². The summed E-state index contributed by atoms with van der Waals surface area (Å²) in [6.45, 7) is -0.251. The number of aliphatic hydroxyl groups excluding tert-OH is 1. The van der Waals surface area contributed by atoms with Gasteiger partial charge in [0.05, 0.1) is 11.5 Å². The molecule has 0 aromatic heterocycles. The van der Waals surface area contributed by atoms with E-state index in [2.05, 4.69) is 27.3 Å². The van der Waals surface area contributed by atoms with Crippen molar-refractivity contribution in [1.82, 2.24) is 4.72 Å². The fourth-order valence-corrected chi connectivity index (χ4v) is 3.53. The van der Waals surface area contributed by atoms with Crippen LogP contribution < -0.4 is 4.72 Å². The monoisotopic (exact) mass is 417 g/mol. The van der Waals surface area contributed by atoms with E-state index in [0.717, 1.165) is 9.13 Å². The molecule has 0 amide bonds. The average molecular weight is 417 g/mol. The van der Waals surface area contributed by atoms with Gasteiger partial charge in [0.2, 0.25) is 10.0 Å². The summed E-state index contributed by atoms with van der Waals surface area (Å²) in [7, 11) is -3.62. The number of nitrogens with one attached hydrogen (secondary N) is 1. The van der Waals surface area contributed by atoms with E-state index in [0.29, 0.717) is 6.42 Å². The molecule has 0 unspecified atom stereocenters. The fraction of sp³-hybridized carbons (Fsp3) is 0.200. The molecule has 0 saturated heterocycles. The van der Waals surface area contributed by atoms with Crippen molar-refractivity contribution in [1.29, 1.82) is 0 Å². The van der Waals surface area contributed by atoms with Gasteiger partial charge in [-0.05, 0) is 58.8 Å². The van der Waals surface area contributed by atoms with Crippen LogP contribution in [0.4, 0.5) is 0 Å². The highest BCUT2D eigenvalue weighted by Crippen LogP contribution is 2.13. The molecule has 2 aromatic rings. The van der Waals surface area contributed by atoms with Crippen LogP contribution in [0.1, 0.15) is 5.56 Å². The molecule has 0 bridgehead atoms. The van der Waals surface area contributed by atoms with Crippen LogP contribution in [-0.2, 0) is 16.4 Å². The predicted octanol–water partition coefficient (Wildman–Crippen LogP) is 2.17. The maximum absolute atomic E-state index is 12.3. The molecule has 0 radical (unpaired) electrons. The third-order valence-electron chi connectivity index (χ3n) is 2.99. The number of sulfonamides is 1. The molecule has 2 N–H and O–H groups in total. The molecule has 1 atom stereocenters. The maximum atomic E-state index is 12.3. The molecule has 21 heavy (non-hydrogen) atoms. The third-order valence-corrected chi connectivity index (χ3v) is 5.25. The molecule has 0 spiro atoms. The maximum Gasteiger partial charge on any atom is 0.240 e. The van der Waals surface area contributed by atoms with Crippen LogP contribution in [0.15, 0.2) is 59.5 Å². The summed E-state index contributed by atoms with van der Waals surface area (Å²) in [5, 5.41) is 9.41. The van der Waals surface area contributed by atoms with Gasteiger partial charge in [-0.3, -0.25) is 0 Å². The van der Waals surface area contributed by atoms with Crippen molar-refractivity contribution in [3.8, 4) is 0 Å². The molecule has 4 nitrogen and oxygen atoms in total. The zero-order valence-corrected chi connectivity index (χ0v) is 14.2. The van der Waals surface area contributed by atoms with Crippen molar-refractivity contribution < 1.29 is 13.5 Å². The second-order valence-electron chi connectivity index (χ2n) is 4.64. The van der Waals surface area contributed by atoms with Crippen LogP contribution >= 0.6 is 22.6 Å². The summed E-state index contributed by atoms with van der Waals surface area (Å²) in [5.41, 5.74) is 0.974. The van der Waals surface area contributed by atoms with E-state index < -0.39 is 16.1 Å². The first-order valence-corrected chi connectivity index (χ1v) is 9.00. The lowest BCUT2D eigenvalue weighted by Crippen LogP contribution is -2.39. The van der Waals surface area contributed by atoms with E-state index in [1.807, 2.05) is 30.3 Å². The van der Waals surface area contributed by atoms with E-state index >= 15 is 0 Å². The van der Waals surface area contributed by atoms with Crippen LogP contribution in [0.25, 0.3) is 0 Å². The number of benzene rings is 2. The van der Waals surface area contributed by atoms with Gasteiger partial charge in [0, 0.05) is 9.61 Å². The van der Waals surface area contributed by atoms with E-state index in [9.17, 15) is 13.5 Å². The lowest BCUT2D eigenvalue weighted by atomic mass is 10.1. The SMILES string of the molecule is O=S(=O)(N[C@H](CO)Cc1ccccc1)c1ccc(I)cc1. The summed E-state index contributed by atoms with van der Waals surface area (Å²) in [6, 6.07) is 15.5. The second kappa shape index (κ2) is 7.35. The number of hydrogen-bond acceptors (Lipinski definition) is 3. The van der Waals surface area contributed by atoms with Gasteiger partial charge in [-0.1, -0.05) is 30.3 Å². The Kier molecular flexibility index (Phi) is 5.74. The molecule has 0 saturated carbocycles. The molecule has 0 fully saturated rings. The van der Waals surface area contributed by atoms with E-state index in [4.69, 9.17) is 0 Å². The first-order chi connectivity index (χ1) is 10.0. The summed E-state index contributed by atoms with van der Waals surface area (Å²) >= 11 is 2.12. The van der Waals surface area contributed by atoms with Crippen LogP contribution in [0.5, 0.6) is 0 Å². The van der Waals surface area contributed by atoms with Gasteiger partial charge >= 0.3 is 0 Å². The minimum absolute atomic E-state index is 0.203. The molecule has 0 heterocycles. The van der Waals surface area contributed by atoms with Crippen LogP contribution in [0.3, 0.4) is 0 Å². The Balaban J connectivity index is 2.12. The molecule has 0 aliphatic carbocycles. The Morgan fingerprint density at radius 2 is 1.67 bits per heavy atom. The Morgan fingerprint density at radius 3 is 2.24 bits per heavy atom. The van der Waals surface area contributed by atoms with Crippen LogP contribution in [0.2, 0.25) is 0 Å². The Morgan fingerprint density at radius 1 is 1.05 bits per heavy atom. The standard InChI is InChI=1S/C15H16INO3S/c16-13-6-8-15(9-7-13)21(19,20)17-14(11-18)10-12-4-2-1-3-5-12/h1-9,14,17-18H,10-11H2/t14-/m0/s1.